The number of nitriles is 1. The third-order valence-electron chi connectivity index (χ3n) is 2.05. The van der Waals surface area contributed by atoms with Crippen LogP contribution in [0, 0.1) is 11.3 Å². The third-order valence-corrected chi connectivity index (χ3v) is 2.05. The van der Waals surface area contributed by atoms with Crippen molar-refractivity contribution in [3.8, 4) is 17.6 Å². The highest BCUT2D eigenvalue weighted by atomic mass is 19.4. The number of hydrogen-bond acceptors (Lipinski definition) is 5. The number of alkyl halides is 3. The van der Waals surface area contributed by atoms with Gasteiger partial charge < -0.3 is 14.2 Å². The van der Waals surface area contributed by atoms with Crippen molar-refractivity contribution in [3.05, 3.63) is 23.3 Å². The van der Waals surface area contributed by atoms with Gasteiger partial charge in [0.1, 0.15) is 23.1 Å². The first-order valence-corrected chi connectivity index (χ1v) is 4.78. The van der Waals surface area contributed by atoms with Crippen molar-refractivity contribution in [3.63, 3.8) is 0 Å². The first kappa shape index (κ1) is 14.6. The van der Waals surface area contributed by atoms with Gasteiger partial charge >= 0.3 is 12.3 Å². The summed E-state index contributed by atoms with van der Waals surface area (Å²) in [5.74, 6) is -2.02. The minimum Gasteiger partial charge on any atom is -0.497 e. The maximum atomic E-state index is 12.3. The van der Waals surface area contributed by atoms with Gasteiger partial charge in [-0.05, 0) is 6.07 Å². The van der Waals surface area contributed by atoms with E-state index in [-0.39, 0.29) is 11.3 Å². The van der Waals surface area contributed by atoms with Crippen LogP contribution in [0.25, 0.3) is 0 Å². The molecule has 5 nitrogen and oxygen atoms in total. The molecule has 0 spiro atoms. The highest BCUT2D eigenvalue weighted by molar-refractivity contribution is 5.95. The fourth-order valence-electron chi connectivity index (χ4n) is 1.31. The van der Waals surface area contributed by atoms with Crippen LogP contribution in [0.2, 0.25) is 0 Å². The number of carbonyl (C=O) groups excluding carboxylic acids is 1. The van der Waals surface area contributed by atoms with Crippen LogP contribution in [-0.2, 0) is 4.74 Å². The zero-order valence-corrected chi connectivity index (χ0v) is 9.87. The first-order chi connectivity index (χ1) is 8.82. The Labute approximate surface area is 106 Å². The van der Waals surface area contributed by atoms with Crippen LogP contribution < -0.4 is 9.47 Å². The maximum Gasteiger partial charge on any atom is 0.573 e. The number of methoxy groups -OCH3 is 2. The summed E-state index contributed by atoms with van der Waals surface area (Å²) in [6, 6.07) is 3.54. The lowest BCUT2D eigenvalue weighted by Gasteiger charge is -2.14. The van der Waals surface area contributed by atoms with E-state index in [9.17, 15) is 18.0 Å². The molecule has 0 saturated carbocycles. The number of nitrogens with zero attached hydrogens (tertiary/aromatic N) is 1. The minimum atomic E-state index is -5.01. The van der Waals surface area contributed by atoms with E-state index in [4.69, 9.17) is 10.00 Å². The Morgan fingerprint density at radius 2 is 1.95 bits per heavy atom. The molecule has 1 aromatic rings. The van der Waals surface area contributed by atoms with Crippen molar-refractivity contribution in [2.24, 2.45) is 0 Å². The van der Waals surface area contributed by atoms with E-state index in [1.807, 2.05) is 0 Å². The first-order valence-electron chi connectivity index (χ1n) is 4.78. The molecule has 0 fully saturated rings. The SMILES string of the molecule is COC(=O)c1c(C#N)cc(OC)cc1OC(F)(F)F. The molecular formula is C11H8F3NO4. The Bertz CT molecular complexity index is 534. The van der Waals surface area contributed by atoms with E-state index in [0.29, 0.717) is 0 Å². The Balaban J connectivity index is 3.47. The van der Waals surface area contributed by atoms with Crippen molar-refractivity contribution in [2.75, 3.05) is 14.2 Å². The summed E-state index contributed by atoms with van der Waals surface area (Å²) in [7, 11) is 2.18. The average molecular weight is 275 g/mol. The van der Waals surface area contributed by atoms with Crippen LogP contribution in [0.4, 0.5) is 13.2 Å². The number of rotatable bonds is 3. The lowest BCUT2D eigenvalue weighted by Crippen LogP contribution is -2.20. The molecule has 0 atom stereocenters. The summed E-state index contributed by atoms with van der Waals surface area (Å²) in [6.07, 6.45) is -5.01. The topological polar surface area (TPSA) is 68.6 Å². The molecule has 1 rings (SSSR count). The molecule has 0 radical (unpaired) electrons. The predicted octanol–water partition coefficient (Wildman–Crippen LogP) is 2.25. The van der Waals surface area contributed by atoms with E-state index in [1.165, 1.54) is 7.11 Å². The van der Waals surface area contributed by atoms with Gasteiger partial charge in [0.05, 0.1) is 19.8 Å². The van der Waals surface area contributed by atoms with Crippen LogP contribution in [0.1, 0.15) is 15.9 Å². The van der Waals surface area contributed by atoms with Crippen LogP contribution in [0.5, 0.6) is 11.5 Å². The van der Waals surface area contributed by atoms with E-state index in [1.54, 1.807) is 6.07 Å². The summed E-state index contributed by atoms with van der Waals surface area (Å²) in [5.41, 5.74) is -0.950. The van der Waals surface area contributed by atoms with Gasteiger partial charge in [-0.2, -0.15) is 5.26 Å². The number of halogens is 3. The van der Waals surface area contributed by atoms with Gasteiger partial charge in [-0.15, -0.1) is 13.2 Å². The molecule has 0 aliphatic rings. The lowest BCUT2D eigenvalue weighted by molar-refractivity contribution is -0.274. The van der Waals surface area contributed by atoms with E-state index < -0.39 is 23.6 Å². The molecule has 0 aliphatic heterocycles. The maximum absolute atomic E-state index is 12.3. The molecule has 19 heavy (non-hydrogen) atoms. The van der Waals surface area contributed by atoms with E-state index in [0.717, 1.165) is 19.2 Å². The molecule has 0 aliphatic carbocycles. The Morgan fingerprint density at radius 1 is 1.32 bits per heavy atom. The van der Waals surface area contributed by atoms with Crippen molar-refractivity contribution in [2.45, 2.75) is 6.36 Å². The second kappa shape index (κ2) is 5.48. The third kappa shape index (κ3) is 3.51. The Hall–Kier alpha value is -2.43. The molecule has 0 saturated heterocycles. The van der Waals surface area contributed by atoms with Crippen molar-refractivity contribution in [1.82, 2.24) is 0 Å². The zero-order chi connectivity index (χ0) is 14.6. The largest absolute Gasteiger partial charge is 0.573 e. The Kier molecular flexibility index (Phi) is 4.22. The number of ether oxygens (including phenoxy) is 3. The van der Waals surface area contributed by atoms with Crippen molar-refractivity contribution >= 4 is 5.97 Å². The molecule has 0 heterocycles. The summed E-state index contributed by atoms with van der Waals surface area (Å²) in [4.78, 5) is 11.4. The second-order valence-corrected chi connectivity index (χ2v) is 3.20. The quantitative estimate of drug-likeness (QED) is 0.791. The predicted molar refractivity (Wildman–Crippen MR) is 55.7 cm³/mol. The van der Waals surface area contributed by atoms with Gasteiger partial charge in [0.25, 0.3) is 0 Å². The lowest BCUT2D eigenvalue weighted by atomic mass is 10.1. The van der Waals surface area contributed by atoms with Crippen molar-refractivity contribution in [1.29, 1.82) is 5.26 Å². The van der Waals surface area contributed by atoms with Crippen LogP contribution >= 0.6 is 0 Å². The van der Waals surface area contributed by atoms with Gasteiger partial charge in [0.2, 0.25) is 0 Å². The van der Waals surface area contributed by atoms with Gasteiger partial charge in [-0.1, -0.05) is 0 Å². The van der Waals surface area contributed by atoms with Crippen molar-refractivity contribution < 1.29 is 32.2 Å². The smallest absolute Gasteiger partial charge is 0.497 e. The number of benzene rings is 1. The highest BCUT2D eigenvalue weighted by Gasteiger charge is 2.34. The fraction of sp³-hybridized carbons (Fsp3) is 0.273. The summed E-state index contributed by atoms with van der Waals surface area (Å²) in [6.45, 7) is 0. The van der Waals surface area contributed by atoms with Crippen LogP contribution in [0.3, 0.4) is 0 Å². The summed E-state index contributed by atoms with van der Waals surface area (Å²) < 4.78 is 49.6. The van der Waals surface area contributed by atoms with Gasteiger partial charge in [-0.25, -0.2) is 4.79 Å². The van der Waals surface area contributed by atoms with Crippen LogP contribution in [-0.4, -0.2) is 26.6 Å². The van der Waals surface area contributed by atoms with Gasteiger partial charge in [0, 0.05) is 6.07 Å². The molecule has 8 heteroatoms. The molecule has 1 aromatic carbocycles. The summed E-state index contributed by atoms with van der Waals surface area (Å²) >= 11 is 0. The minimum absolute atomic E-state index is 0.0524. The standard InChI is InChI=1S/C11H8F3NO4/c1-17-7-3-6(5-15)9(10(16)18-2)8(4-7)19-11(12,13)14/h3-4H,1-2H3. The number of carbonyl (C=O) groups is 1. The van der Waals surface area contributed by atoms with Gasteiger partial charge in [0.15, 0.2) is 0 Å². The van der Waals surface area contributed by atoms with E-state index in [2.05, 4.69) is 9.47 Å². The Morgan fingerprint density at radius 3 is 2.37 bits per heavy atom. The molecule has 0 aromatic heterocycles. The zero-order valence-electron chi connectivity index (χ0n) is 9.87. The molecule has 0 amide bonds. The number of esters is 1. The van der Waals surface area contributed by atoms with E-state index >= 15 is 0 Å². The highest BCUT2D eigenvalue weighted by Crippen LogP contribution is 2.33. The summed E-state index contributed by atoms with van der Waals surface area (Å²) in [5, 5.41) is 8.86. The second-order valence-electron chi connectivity index (χ2n) is 3.20. The van der Waals surface area contributed by atoms with Gasteiger partial charge in [-0.3, -0.25) is 0 Å². The van der Waals surface area contributed by atoms with Crippen LogP contribution in [0.15, 0.2) is 12.1 Å². The monoisotopic (exact) mass is 275 g/mol. The average Bonchev–Trinajstić information content (AvgIpc) is 2.34. The normalized spacial score (nSPS) is 10.5. The molecule has 0 N–H and O–H groups in total. The molecule has 0 bridgehead atoms. The molecule has 0 unspecified atom stereocenters. The number of hydrogen-bond donors (Lipinski definition) is 0. The molecule has 102 valence electrons. The molecular weight excluding hydrogens is 267 g/mol. The fourth-order valence-corrected chi connectivity index (χ4v) is 1.31.